The first-order valence-electron chi connectivity index (χ1n) is 6.91. The van der Waals surface area contributed by atoms with Crippen LogP contribution < -0.4 is 10.3 Å². The van der Waals surface area contributed by atoms with Crippen LogP contribution in [0.2, 0.25) is 0 Å². The van der Waals surface area contributed by atoms with Crippen molar-refractivity contribution in [1.29, 1.82) is 0 Å². The number of ether oxygens (including phenoxy) is 1. The van der Waals surface area contributed by atoms with E-state index >= 15 is 0 Å². The van der Waals surface area contributed by atoms with Crippen LogP contribution in [0.3, 0.4) is 0 Å². The SMILES string of the molecule is O=c1ccccn1CCOc1cccc2c1CC/C2=N/O. The number of oxime groups is 1. The molecule has 0 saturated heterocycles. The minimum Gasteiger partial charge on any atom is -0.491 e. The minimum atomic E-state index is -0.0332. The van der Waals surface area contributed by atoms with Crippen LogP contribution in [0, 0.1) is 0 Å². The van der Waals surface area contributed by atoms with Crippen LogP contribution in [0.1, 0.15) is 17.5 Å². The highest BCUT2D eigenvalue weighted by Gasteiger charge is 2.21. The number of aromatic nitrogens is 1. The zero-order chi connectivity index (χ0) is 14.7. The maximum Gasteiger partial charge on any atom is 0.250 e. The molecule has 0 aliphatic heterocycles. The Morgan fingerprint density at radius 1 is 1.19 bits per heavy atom. The van der Waals surface area contributed by atoms with Gasteiger partial charge >= 0.3 is 0 Å². The highest BCUT2D eigenvalue weighted by molar-refractivity contribution is 6.04. The lowest BCUT2D eigenvalue weighted by Gasteiger charge is -2.11. The second kappa shape index (κ2) is 5.83. The molecule has 0 bridgehead atoms. The average Bonchev–Trinajstić information content (AvgIpc) is 2.93. The van der Waals surface area contributed by atoms with E-state index in [0.717, 1.165) is 29.7 Å². The number of fused-ring (bicyclic) bond motifs is 1. The molecule has 5 nitrogen and oxygen atoms in total. The monoisotopic (exact) mass is 284 g/mol. The molecular weight excluding hydrogens is 268 g/mol. The van der Waals surface area contributed by atoms with Gasteiger partial charge in [-0.2, -0.15) is 0 Å². The molecule has 108 valence electrons. The maximum absolute atomic E-state index is 11.6. The Bertz CT molecular complexity index is 734. The number of pyridine rings is 1. The Balaban J connectivity index is 1.71. The van der Waals surface area contributed by atoms with E-state index in [0.29, 0.717) is 18.9 Å². The summed E-state index contributed by atoms with van der Waals surface area (Å²) >= 11 is 0. The summed E-state index contributed by atoms with van der Waals surface area (Å²) in [4.78, 5) is 11.6. The Labute approximate surface area is 122 Å². The van der Waals surface area contributed by atoms with E-state index in [1.54, 1.807) is 16.8 Å². The van der Waals surface area contributed by atoms with Gasteiger partial charge in [-0.05, 0) is 25.0 Å². The van der Waals surface area contributed by atoms with Gasteiger partial charge in [-0.25, -0.2) is 0 Å². The minimum absolute atomic E-state index is 0.0332. The third-order valence-electron chi connectivity index (χ3n) is 3.67. The first-order valence-corrected chi connectivity index (χ1v) is 6.91. The second-order valence-electron chi connectivity index (χ2n) is 4.91. The third-order valence-corrected chi connectivity index (χ3v) is 3.67. The Kier molecular flexibility index (Phi) is 3.73. The van der Waals surface area contributed by atoms with Crippen LogP contribution in [-0.2, 0) is 13.0 Å². The van der Waals surface area contributed by atoms with Crippen molar-refractivity contribution < 1.29 is 9.94 Å². The fourth-order valence-electron chi connectivity index (χ4n) is 2.61. The van der Waals surface area contributed by atoms with Gasteiger partial charge in [0, 0.05) is 23.4 Å². The van der Waals surface area contributed by atoms with E-state index in [1.165, 1.54) is 6.07 Å². The van der Waals surface area contributed by atoms with Crippen LogP contribution in [0.25, 0.3) is 0 Å². The van der Waals surface area contributed by atoms with Gasteiger partial charge in [0.25, 0.3) is 5.56 Å². The van der Waals surface area contributed by atoms with Gasteiger partial charge in [0.2, 0.25) is 0 Å². The topological polar surface area (TPSA) is 63.8 Å². The summed E-state index contributed by atoms with van der Waals surface area (Å²) < 4.78 is 7.42. The van der Waals surface area contributed by atoms with Crippen LogP contribution in [0.15, 0.2) is 52.5 Å². The summed E-state index contributed by atoms with van der Waals surface area (Å²) in [6.45, 7) is 0.927. The van der Waals surface area contributed by atoms with E-state index < -0.39 is 0 Å². The fraction of sp³-hybridized carbons (Fsp3) is 0.250. The molecule has 1 N–H and O–H groups in total. The van der Waals surface area contributed by atoms with Crippen LogP contribution in [0.4, 0.5) is 0 Å². The molecule has 0 spiro atoms. The van der Waals surface area contributed by atoms with Crippen molar-refractivity contribution in [2.24, 2.45) is 5.16 Å². The standard InChI is InChI=1S/C16H16N2O3/c19-16-6-1-2-9-18(16)10-11-21-15-5-3-4-12-13(15)7-8-14(12)17-20/h1-6,9,20H,7-8,10-11H2/b17-14-. The molecule has 1 aliphatic carbocycles. The Morgan fingerprint density at radius 3 is 2.90 bits per heavy atom. The molecule has 1 heterocycles. The zero-order valence-corrected chi connectivity index (χ0v) is 11.5. The Hall–Kier alpha value is -2.56. The van der Waals surface area contributed by atoms with E-state index in [4.69, 9.17) is 9.94 Å². The van der Waals surface area contributed by atoms with Gasteiger partial charge in [0.05, 0.1) is 12.3 Å². The molecule has 0 radical (unpaired) electrons. The van der Waals surface area contributed by atoms with Gasteiger partial charge in [-0.15, -0.1) is 0 Å². The largest absolute Gasteiger partial charge is 0.491 e. The van der Waals surface area contributed by atoms with Crippen molar-refractivity contribution >= 4 is 5.71 Å². The lowest BCUT2D eigenvalue weighted by Crippen LogP contribution is -2.21. The van der Waals surface area contributed by atoms with Crippen LogP contribution in [-0.4, -0.2) is 22.1 Å². The number of nitrogens with zero attached hydrogens (tertiary/aromatic N) is 2. The molecule has 0 amide bonds. The summed E-state index contributed by atoms with van der Waals surface area (Å²) in [5.74, 6) is 0.801. The molecular formula is C16H16N2O3. The smallest absolute Gasteiger partial charge is 0.250 e. The number of rotatable bonds is 4. The average molecular weight is 284 g/mol. The van der Waals surface area contributed by atoms with Crippen molar-refractivity contribution in [3.8, 4) is 5.75 Å². The number of hydrogen-bond acceptors (Lipinski definition) is 4. The number of hydrogen-bond donors (Lipinski definition) is 1. The van der Waals surface area contributed by atoms with Gasteiger partial charge < -0.3 is 14.5 Å². The molecule has 0 atom stereocenters. The molecule has 1 aromatic heterocycles. The summed E-state index contributed by atoms with van der Waals surface area (Å²) in [6, 6.07) is 10.8. The molecule has 0 saturated carbocycles. The van der Waals surface area contributed by atoms with Gasteiger partial charge in [-0.3, -0.25) is 4.79 Å². The normalized spacial score (nSPS) is 15.1. The quantitative estimate of drug-likeness (QED) is 0.690. The first-order chi connectivity index (χ1) is 10.3. The van der Waals surface area contributed by atoms with Crippen molar-refractivity contribution in [3.63, 3.8) is 0 Å². The van der Waals surface area contributed by atoms with E-state index in [1.807, 2.05) is 24.3 Å². The lowest BCUT2D eigenvalue weighted by atomic mass is 10.1. The summed E-state index contributed by atoms with van der Waals surface area (Å²) in [7, 11) is 0. The van der Waals surface area contributed by atoms with E-state index in [2.05, 4.69) is 5.16 Å². The molecule has 1 aromatic carbocycles. The van der Waals surface area contributed by atoms with Crippen molar-refractivity contribution in [1.82, 2.24) is 4.57 Å². The third kappa shape index (κ3) is 2.67. The molecule has 1 aliphatic rings. The molecule has 21 heavy (non-hydrogen) atoms. The highest BCUT2D eigenvalue weighted by Crippen LogP contribution is 2.30. The summed E-state index contributed by atoms with van der Waals surface area (Å²) in [5.41, 5.74) is 2.70. The van der Waals surface area contributed by atoms with Crippen LogP contribution in [0.5, 0.6) is 5.75 Å². The van der Waals surface area contributed by atoms with Crippen molar-refractivity contribution in [2.45, 2.75) is 19.4 Å². The van der Waals surface area contributed by atoms with Gasteiger partial charge in [0.1, 0.15) is 12.4 Å². The molecule has 2 aromatic rings. The van der Waals surface area contributed by atoms with Crippen molar-refractivity contribution in [2.75, 3.05) is 6.61 Å². The van der Waals surface area contributed by atoms with Crippen LogP contribution >= 0.6 is 0 Å². The number of benzene rings is 1. The van der Waals surface area contributed by atoms with Crippen molar-refractivity contribution in [3.05, 3.63) is 64.1 Å². The van der Waals surface area contributed by atoms with Gasteiger partial charge in [0.15, 0.2) is 0 Å². The predicted octanol–water partition coefficient (Wildman–Crippen LogP) is 2.05. The van der Waals surface area contributed by atoms with E-state index in [-0.39, 0.29) is 5.56 Å². The molecule has 0 fully saturated rings. The first kappa shape index (κ1) is 13.4. The summed E-state index contributed by atoms with van der Waals surface area (Å²) in [5, 5.41) is 12.3. The Morgan fingerprint density at radius 2 is 2.10 bits per heavy atom. The summed E-state index contributed by atoms with van der Waals surface area (Å²) in [6.07, 6.45) is 3.29. The fourth-order valence-corrected chi connectivity index (χ4v) is 2.61. The molecule has 5 heteroatoms. The lowest BCUT2D eigenvalue weighted by molar-refractivity contribution is 0.294. The molecule has 3 rings (SSSR count). The molecule has 0 unspecified atom stereocenters. The maximum atomic E-state index is 11.6. The van der Waals surface area contributed by atoms with E-state index in [9.17, 15) is 4.79 Å². The predicted molar refractivity (Wildman–Crippen MR) is 79.3 cm³/mol. The second-order valence-corrected chi connectivity index (χ2v) is 4.91. The van der Waals surface area contributed by atoms with Gasteiger partial charge in [-0.1, -0.05) is 23.4 Å². The highest BCUT2D eigenvalue weighted by atomic mass is 16.5. The zero-order valence-electron chi connectivity index (χ0n) is 11.5.